The van der Waals surface area contributed by atoms with Crippen molar-refractivity contribution < 1.29 is 9.53 Å². The van der Waals surface area contributed by atoms with Gasteiger partial charge in [-0.25, -0.2) is 0 Å². The Kier molecular flexibility index (Phi) is 2.40. The van der Waals surface area contributed by atoms with Gasteiger partial charge in [-0.1, -0.05) is 13.8 Å². The molecule has 0 saturated carbocycles. The Balaban J connectivity index is 2.96. The summed E-state index contributed by atoms with van der Waals surface area (Å²) in [6, 6.07) is 0. The number of amides is 1. The van der Waals surface area contributed by atoms with E-state index in [0.29, 0.717) is 5.92 Å². The first-order valence-electron chi connectivity index (χ1n) is 4.14. The van der Waals surface area contributed by atoms with Crippen LogP contribution in [0.1, 0.15) is 20.8 Å². The molecule has 0 aliphatic carbocycles. The van der Waals surface area contributed by atoms with E-state index < -0.39 is 0 Å². The van der Waals surface area contributed by atoms with Gasteiger partial charge in [-0.2, -0.15) is 0 Å². The van der Waals surface area contributed by atoms with E-state index in [1.165, 1.54) is 0 Å². The summed E-state index contributed by atoms with van der Waals surface area (Å²) < 4.78 is 5.22. The van der Waals surface area contributed by atoms with Crippen LogP contribution < -0.4 is 0 Å². The maximum Gasteiger partial charge on any atom is 0.264 e. The molecule has 3 heteroatoms. The van der Waals surface area contributed by atoms with Crippen molar-refractivity contribution >= 4 is 5.91 Å². The molecule has 0 N–H and O–H groups in total. The molecule has 0 aromatic carbocycles. The molecular weight excluding hydrogens is 154 g/mol. The highest BCUT2D eigenvalue weighted by atomic mass is 16.5. The maximum absolute atomic E-state index is 11.2. The van der Waals surface area contributed by atoms with E-state index in [1.807, 2.05) is 6.92 Å². The molecule has 3 nitrogen and oxygen atoms in total. The van der Waals surface area contributed by atoms with Gasteiger partial charge >= 0.3 is 0 Å². The molecule has 0 unspecified atom stereocenters. The fourth-order valence-electron chi connectivity index (χ4n) is 1.51. The van der Waals surface area contributed by atoms with E-state index >= 15 is 0 Å². The van der Waals surface area contributed by atoms with Crippen LogP contribution in [0.4, 0.5) is 0 Å². The number of allylic oxidation sites excluding steroid dienone is 2. The summed E-state index contributed by atoms with van der Waals surface area (Å²) in [6.07, 6.45) is 0. The second kappa shape index (κ2) is 3.17. The Hall–Kier alpha value is -0.990. The average Bonchev–Trinajstić information content (AvgIpc) is 1.97. The molecule has 0 bridgehead atoms. The monoisotopic (exact) mass is 169 g/mol. The van der Waals surface area contributed by atoms with Crippen molar-refractivity contribution in [1.29, 1.82) is 0 Å². The highest BCUT2D eigenvalue weighted by Crippen LogP contribution is 2.22. The van der Waals surface area contributed by atoms with Crippen molar-refractivity contribution in [3.63, 3.8) is 0 Å². The van der Waals surface area contributed by atoms with Gasteiger partial charge in [0.1, 0.15) is 5.76 Å². The predicted octanol–water partition coefficient (Wildman–Crippen LogP) is 1.36. The number of rotatable bonds is 1. The normalized spacial score (nSPS) is 18.8. The molecule has 1 heterocycles. The molecule has 0 spiro atoms. The average molecular weight is 169 g/mol. The second-order valence-corrected chi connectivity index (χ2v) is 3.34. The first kappa shape index (κ1) is 9.10. The summed E-state index contributed by atoms with van der Waals surface area (Å²) in [4.78, 5) is 12.9. The van der Waals surface area contributed by atoms with Gasteiger partial charge in [0.2, 0.25) is 0 Å². The Morgan fingerprint density at radius 2 is 2.08 bits per heavy atom. The molecular formula is C9H15NO2. The third kappa shape index (κ3) is 1.44. The number of nitrogens with zero attached hydrogens (tertiary/aromatic N) is 1. The quantitative estimate of drug-likeness (QED) is 0.593. The molecule has 1 aliphatic heterocycles. The summed E-state index contributed by atoms with van der Waals surface area (Å²) in [7, 11) is 1.80. The smallest absolute Gasteiger partial charge is 0.264 e. The molecule has 0 aromatic heterocycles. The minimum atomic E-state index is 0.0318. The third-order valence-electron chi connectivity index (χ3n) is 2.06. The molecule has 68 valence electrons. The van der Waals surface area contributed by atoms with Crippen LogP contribution in [-0.2, 0) is 9.53 Å². The fourth-order valence-corrected chi connectivity index (χ4v) is 1.51. The molecule has 1 rings (SSSR count). The maximum atomic E-state index is 11.2. The zero-order chi connectivity index (χ0) is 9.30. The molecule has 1 amide bonds. The number of ether oxygens (including phenoxy) is 1. The van der Waals surface area contributed by atoms with E-state index in [1.54, 1.807) is 11.9 Å². The lowest BCUT2D eigenvalue weighted by Crippen LogP contribution is -2.36. The third-order valence-corrected chi connectivity index (χ3v) is 2.06. The van der Waals surface area contributed by atoms with Crippen molar-refractivity contribution in [2.24, 2.45) is 5.92 Å². The van der Waals surface area contributed by atoms with Gasteiger partial charge in [-0.15, -0.1) is 0 Å². The zero-order valence-electron chi connectivity index (χ0n) is 8.05. The highest BCUT2D eigenvalue weighted by molar-refractivity contribution is 5.80. The molecule has 0 atom stereocenters. The van der Waals surface area contributed by atoms with Crippen LogP contribution in [0.15, 0.2) is 11.5 Å². The van der Waals surface area contributed by atoms with Crippen molar-refractivity contribution in [2.75, 3.05) is 13.7 Å². The molecule has 0 fully saturated rings. The standard InChI is InChI=1S/C9H15NO2/c1-6(2)9-7(3)12-5-8(11)10(9)4/h6H,5H2,1-4H3. The Bertz CT molecular complexity index is 231. The van der Waals surface area contributed by atoms with Gasteiger partial charge in [-0.05, 0) is 12.8 Å². The lowest BCUT2D eigenvalue weighted by Gasteiger charge is -2.30. The Labute approximate surface area is 73.0 Å². The van der Waals surface area contributed by atoms with Crippen molar-refractivity contribution in [1.82, 2.24) is 4.90 Å². The minimum absolute atomic E-state index is 0.0318. The summed E-state index contributed by atoms with van der Waals surface area (Å²) in [5.74, 6) is 1.23. The molecule has 1 aliphatic rings. The summed E-state index contributed by atoms with van der Waals surface area (Å²) in [5.41, 5.74) is 0.992. The van der Waals surface area contributed by atoms with Gasteiger partial charge in [0, 0.05) is 7.05 Å². The van der Waals surface area contributed by atoms with Crippen LogP contribution in [-0.4, -0.2) is 24.5 Å². The zero-order valence-corrected chi connectivity index (χ0v) is 8.05. The molecule has 12 heavy (non-hydrogen) atoms. The van der Waals surface area contributed by atoms with Crippen molar-refractivity contribution in [2.45, 2.75) is 20.8 Å². The van der Waals surface area contributed by atoms with Gasteiger partial charge in [0.25, 0.3) is 5.91 Å². The summed E-state index contributed by atoms with van der Waals surface area (Å²) >= 11 is 0. The van der Waals surface area contributed by atoms with Crippen LogP contribution in [0.2, 0.25) is 0 Å². The number of carbonyl (C=O) groups excluding carboxylic acids is 1. The number of hydrogen-bond acceptors (Lipinski definition) is 2. The number of likely N-dealkylation sites (N-methyl/N-ethyl adjacent to an activating group) is 1. The summed E-state index contributed by atoms with van der Waals surface area (Å²) in [6.45, 7) is 6.19. The van der Waals surface area contributed by atoms with Crippen LogP contribution in [0.5, 0.6) is 0 Å². The first-order chi connectivity index (χ1) is 5.54. The van der Waals surface area contributed by atoms with Gasteiger partial charge in [0.05, 0.1) is 5.70 Å². The van der Waals surface area contributed by atoms with Gasteiger partial charge < -0.3 is 9.64 Å². The van der Waals surface area contributed by atoms with E-state index in [-0.39, 0.29) is 12.5 Å². The number of carbonyl (C=O) groups is 1. The van der Waals surface area contributed by atoms with Crippen molar-refractivity contribution in [3.05, 3.63) is 11.5 Å². The first-order valence-corrected chi connectivity index (χ1v) is 4.14. The SMILES string of the molecule is CC1=C(C(C)C)N(C)C(=O)CO1. The van der Waals surface area contributed by atoms with E-state index in [0.717, 1.165) is 11.5 Å². The highest BCUT2D eigenvalue weighted by Gasteiger charge is 2.24. The minimum Gasteiger partial charge on any atom is -0.487 e. The topological polar surface area (TPSA) is 29.5 Å². The lowest BCUT2D eigenvalue weighted by atomic mass is 10.1. The molecule has 0 radical (unpaired) electrons. The number of hydrogen-bond donors (Lipinski definition) is 0. The molecule has 0 saturated heterocycles. The van der Waals surface area contributed by atoms with E-state index in [4.69, 9.17) is 4.74 Å². The van der Waals surface area contributed by atoms with Gasteiger partial charge in [-0.3, -0.25) is 4.79 Å². The van der Waals surface area contributed by atoms with Crippen LogP contribution in [0, 0.1) is 5.92 Å². The Morgan fingerprint density at radius 1 is 1.50 bits per heavy atom. The second-order valence-electron chi connectivity index (χ2n) is 3.34. The van der Waals surface area contributed by atoms with Crippen LogP contribution in [0.3, 0.4) is 0 Å². The lowest BCUT2D eigenvalue weighted by molar-refractivity contribution is -0.134. The van der Waals surface area contributed by atoms with E-state index in [2.05, 4.69) is 13.8 Å². The predicted molar refractivity (Wildman–Crippen MR) is 46.3 cm³/mol. The van der Waals surface area contributed by atoms with Crippen LogP contribution in [0.25, 0.3) is 0 Å². The Morgan fingerprint density at radius 3 is 2.50 bits per heavy atom. The van der Waals surface area contributed by atoms with Crippen LogP contribution >= 0.6 is 0 Å². The van der Waals surface area contributed by atoms with Crippen molar-refractivity contribution in [3.8, 4) is 0 Å². The fraction of sp³-hybridized carbons (Fsp3) is 0.667. The van der Waals surface area contributed by atoms with E-state index in [9.17, 15) is 4.79 Å². The molecule has 0 aromatic rings. The van der Waals surface area contributed by atoms with Gasteiger partial charge in [0.15, 0.2) is 6.61 Å². The summed E-state index contributed by atoms with van der Waals surface area (Å²) in [5, 5.41) is 0. The largest absolute Gasteiger partial charge is 0.487 e.